The van der Waals surface area contributed by atoms with Gasteiger partial charge in [-0.15, -0.1) is 0 Å². The zero-order valence-electron chi connectivity index (χ0n) is 12.1. The van der Waals surface area contributed by atoms with Crippen molar-refractivity contribution in [1.82, 2.24) is 5.16 Å². The molecule has 0 bridgehead atoms. The van der Waals surface area contributed by atoms with Gasteiger partial charge in [-0.25, -0.2) is 4.79 Å². The molecule has 2 aromatic rings. The largest absolute Gasteiger partial charge is 0.456 e. The molecule has 1 heterocycles. The number of esters is 1. The van der Waals surface area contributed by atoms with Gasteiger partial charge in [0.15, 0.2) is 0 Å². The Labute approximate surface area is 122 Å². The first-order chi connectivity index (χ1) is 9.78. The fourth-order valence-corrected chi connectivity index (χ4v) is 1.81. The molecule has 0 atom stereocenters. The minimum absolute atomic E-state index is 0.154. The van der Waals surface area contributed by atoms with Gasteiger partial charge in [-0.1, -0.05) is 11.2 Å². The van der Waals surface area contributed by atoms with E-state index in [1.807, 2.05) is 0 Å². The van der Waals surface area contributed by atoms with Crippen LogP contribution in [-0.4, -0.2) is 22.6 Å². The Hall–Kier alpha value is -2.63. The number of nitrogen functional groups attached to an aromatic ring is 1. The number of nitrogens with two attached hydrogens (primary N) is 1. The second-order valence-electron chi connectivity index (χ2n) is 5.56. The van der Waals surface area contributed by atoms with Crippen molar-refractivity contribution in [2.24, 2.45) is 5.73 Å². The summed E-state index contributed by atoms with van der Waals surface area (Å²) in [6.07, 6.45) is 1.43. The molecule has 0 aliphatic rings. The van der Waals surface area contributed by atoms with Crippen molar-refractivity contribution in [3.63, 3.8) is 0 Å². The highest BCUT2D eigenvalue weighted by Crippen LogP contribution is 2.24. The molecule has 6 nitrogen and oxygen atoms in total. The lowest BCUT2D eigenvalue weighted by molar-refractivity contribution is 0.00695. The van der Waals surface area contributed by atoms with Gasteiger partial charge in [-0.3, -0.25) is 5.41 Å². The van der Waals surface area contributed by atoms with Crippen LogP contribution in [0.15, 0.2) is 35.1 Å². The average molecular weight is 287 g/mol. The first kappa shape index (κ1) is 14.8. The Bertz CT molecular complexity index is 670. The van der Waals surface area contributed by atoms with E-state index in [0.29, 0.717) is 22.4 Å². The zero-order chi connectivity index (χ0) is 15.6. The van der Waals surface area contributed by atoms with Gasteiger partial charge in [0.05, 0.1) is 5.56 Å². The van der Waals surface area contributed by atoms with Crippen molar-refractivity contribution in [3.8, 4) is 11.3 Å². The molecule has 0 amide bonds. The number of benzene rings is 1. The van der Waals surface area contributed by atoms with E-state index in [-0.39, 0.29) is 5.84 Å². The molecular formula is C15H17N3O3. The van der Waals surface area contributed by atoms with Crippen molar-refractivity contribution < 1.29 is 14.1 Å². The predicted octanol–water partition coefficient (Wildman–Crippen LogP) is 2.58. The zero-order valence-corrected chi connectivity index (χ0v) is 12.1. The van der Waals surface area contributed by atoms with Gasteiger partial charge >= 0.3 is 5.97 Å². The number of ether oxygens (including phenoxy) is 1. The number of rotatable bonds is 3. The van der Waals surface area contributed by atoms with Gasteiger partial charge in [0, 0.05) is 17.2 Å². The van der Waals surface area contributed by atoms with Crippen LogP contribution in [0.2, 0.25) is 0 Å². The maximum Gasteiger partial charge on any atom is 0.338 e. The van der Waals surface area contributed by atoms with Gasteiger partial charge in [0.2, 0.25) is 0 Å². The first-order valence-corrected chi connectivity index (χ1v) is 6.40. The van der Waals surface area contributed by atoms with E-state index in [4.69, 9.17) is 20.4 Å². The highest BCUT2D eigenvalue weighted by Gasteiger charge is 2.20. The monoisotopic (exact) mass is 287 g/mol. The molecule has 0 aliphatic carbocycles. The van der Waals surface area contributed by atoms with E-state index in [1.54, 1.807) is 39.0 Å². The fourth-order valence-electron chi connectivity index (χ4n) is 1.81. The van der Waals surface area contributed by atoms with Crippen LogP contribution in [0, 0.1) is 5.41 Å². The number of amidine groups is 1. The van der Waals surface area contributed by atoms with Crippen LogP contribution in [0.5, 0.6) is 0 Å². The summed E-state index contributed by atoms with van der Waals surface area (Å²) in [5, 5.41) is 11.5. The van der Waals surface area contributed by atoms with Crippen molar-refractivity contribution in [2.75, 3.05) is 0 Å². The smallest absolute Gasteiger partial charge is 0.338 e. The van der Waals surface area contributed by atoms with Crippen LogP contribution in [0.4, 0.5) is 0 Å². The van der Waals surface area contributed by atoms with Crippen LogP contribution in [-0.2, 0) is 4.74 Å². The summed E-state index contributed by atoms with van der Waals surface area (Å²) >= 11 is 0. The lowest BCUT2D eigenvalue weighted by atomic mass is 10.0. The Morgan fingerprint density at radius 3 is 2.57 bits per heavy atom. The van der Waals surface area contributed by atoms with Crippen LogP contribution in [0.25, 0.3) is 11.3 Å². The second kappa shape index (κ2) is 5.40. The average Bonchev–Trinajstić information content (AvgIpc) is 2.89. The number of nitrogens with one attached hydrogen (secondary N) is 1. The Morgan fingerprint density at radius 2 is 2.05 bits per heavy atom. The van der Waals surface area contributed by atoms with Crippen molar-refractivity contribution in [3.05, 3.63) is 41.7 Å². The van der Waals surface area contributed by atoms with Crippen LogP contribution < -0.4 is 5.73 Å². The number of hydrogen-bond acceptors (Lipinski definition) is 5. The summed E-state index contributed by atoms with van der Waals surface area (Å²) < 4.78 is 10.1. The molecular weight excluding hydrogens is 270 g/mol. The lowest BCUT2D eigenvalue weighted by Crippen LogP contribution is -2.24. The third-order valence-electron chi connectivity index (χ3n) is 2.66. The normalized spacial score (nSPS) is 11.2. The van der Waals surface area contributed by atoms with Gasteiger partial charge in [0.25, 0.3) is 0 Å². The van der Waals surface area contributed by atoms with Crippen LogP contribution in [0.3, 0.4) is 0 Å². The predicted molar refractivity (Wildman–Crippen MR) is 78.1 cm³/mol. The molecule has 0 spiro atoms. The Morgan fingerprint density at radius 1 is 1.33 bits per heavy atom. The number of aromatic nitrogens is 1. The maximum absolute atomic E-state index is 12.1. The van der Waals surface area contributed by atoms with Crippen LogP contribution >= 0.6 is 0 Å². The van der Waals surface area contributed by atoms with Gasteiger partial charge in [0.1, 0.15) is 23.4 Å². The third-order valence-corrected chi connectivity index (χ3v) is 2.66. The first-order valence-electron chi connectivity index (χ1n) is 6.40. The molecule has 1 aromatic carbocycles. The van der Waals surface area contributed by atoms with Gasteiger partial charge in [-0.2, -0.15) is 0 Å². The van der Waals surface area contributed by atoms with Crippen molar-refractivity contribution in [2.45, 2.75) is 26.4 Å². The van der Waals surface area contributed by atoms with Crippen molar-refractivity contribution >= 4 is 11.8 Å². The molecule has 0 saturated carbocycles. The molecule has 6 heteroatoms. The van der Waals surface area contributed by atoms with E-state index in [9.17, 15) is 4.79 Å². The molecule has 2 rings (SSSR count). The highest BCUT2D eigenvalue weighted by molar-refractivity contribution is 6.03. The molecule has 0 radical (unpaired) electrons. The Balaban J connectivity index is 2.42. The molecule has 3 N–H and O–H groups in total. The summed E-state index contributed by atoms with van der Waals surface area (Å²) in [6, 6.07) is 6.48. The number of carbonyl (C=O) groups excluding carboxylic acids is 1. The molecule has 1 aromatic heterocycles. The second-order valence-corrected chi connectivity index (χ2v) is 5.56. The minimum atomic E-state index is -0.585. The van der Waals surface area contributed by atoms with E-state index >= 15 is 0 Å². The SMILES string of the molecule is CC(C)(C)OC(=O)c1ccc(-c2ccon2)c(C(=N)N)c1. The molecule has 21 heavy (non-hydrogen) atoms. The van der Waals surface area contributed by atoms with E-state index in [2.05, 4.69) is 5.16 Å². The lowest BCUT2D eigenvalue weighted by Gasteiger charge is -2.19. The number of carbonyl (C=O) groups is 1. The third kappa shape index (κ3) is 3.47. The van der Waals surface area contributed by atoms with Crippen molar-refractivity contribution in [1.29, 1.82) is 5.41 Å². The van der Waals surface area contributed by atoms with E-state index in [1.165, 1.54) is 12.3 Å². The maximum atomic E-state index is 12.1. The van der Waals surface area contributed by atoms with E-state index < -0.39 is 11.6 Å². The summed E-state index contributed by atoms with van der Waals surface area (Å²) in [5.41, 5.74) is 6.93. The molecule has 0 saturated heterocycles. The molecule has 0 aliphatic heterocycles. The van der Waals surface area contributed by atoms with Gasteiger partial charge in [-0.05, 0) is 32.9 Å². The molecule has 0 unspecified atom stereocenters. The highest BCUT2D eigenvalue weighted by atomic mass is 16.6. The van der Waals surface area contributed by atoms with E-state index in [0.717, 1.165) is 0 Å². The quantitative estimate of drug-likeness (QED) is 0.513. The Kier molecular flexibility index (Phi) is 3.80. The fraction of sp³-hybridized carbons (Fsp3) is 0.267. The number of nitrogens with zero attached hydrogens (tertiary/aromatic N) is 1. The summed E-state index contributed by atoms with van der Waals surface area (Å²) in [7, 11) is 0. The number of hydrogen-bond donors (Lipinski definition) is 2. The standard InChI is InChI=1S/C15H17N3O3/c1-15(2,3)21-14(19)9-4-5-10(11(8-9)13(16)17)12-6-7-20-18-12/h4-8H,1-3H3,(H3,16,17). The molecule has 0 fully saturated rings. The topological polar surface area (TPSA) is 102 Å². The summed E-state index contributed by atoms with van der Waals surface area (Å²) in [5.74, 6) is -0.616. The molecule has 110 valence electrons. The summed E-state index contributed by atoms with van der Waals surface area (Å²) in [4.78, 5) is 12.1. The summed E-state index contributed by atoms with van der Waals surface area (Å²) in [6.45, 7) is 5.38. The minimum Gasteiger partial charge on any atom is -0.456 e. The van der Waals surface area contributed by atoms with Crippen LogP contribution in [0.1, 0.15) is 36.7 Å². The van der Waals surface area contributed by atoms with Gasteiger partial charge < -0.3 is 15.0 Å².